The number of anilines is 3. The number of hydrogen-bond acceptors (Lipinski definition) is 15. The van der Waals surface area contributed by atoms with Gasteiger partial charge in [0.1, 0.15) is 30.6 Å². The SMILES string of the molecule is CN(C)c1ccc2cc3ccc(N(C)C)cc3[n+](CCCC(=O)NCCNC(=O)O[C@H]3[C@@H](O)[C@H](n4cnc5c(N)ncnc54)O[C@@H]3COP(=O)(O)OP(=O)(O)O)c2c1. The van der Waals surface area contributed by atoms with Crippen molar-refractivity contribution in [3.05, 3.63) is 55.1 Å². The fourth-order valence-electron chi connectivity index (χ4n) is 6.50. The number of nitrogens with two attached hydrogens (primary N) is 1. The fraction of sp³-hybridized carbons (Fsp3) is 0.412. The van der Waals surface area contributed by atoms with Crippen molar-refractivity contribution in [1.82, 2.24) is 30.2 Å². The van der Waals surface area contributed by atoms with E-state index in [4.69, 9.17) is 29.5 Å². The molecule has 0 radical (unpaired) electrons. The molecule has 5 aromatic rings. The summed E-state index contributed by atoms with van der Waals surface area (Å²) in [6, 6.07) is 14.7. The number of aryl methyl sites for hydroxylation is 1. The molecule has 5 atom stereocenters. The molecule has 0 spiro atoms. The summed E-state index contributed by atoms with van der Waals surface area (Å²) >= 11 is 0. The fourth-order valence-corrected chi connectivity index (χ4v) is 8.10. The Labute approximate surface area is 331 Å². The van der Waals surface area contributed by atoms with Crippen LogP contribution in [0.25, 0.3) is 33.0 Å². The minimum absolute atomic E-state index is 0.0286. The summed E-state index contributed by atoms with van der Waals surface area (Å²) < 4.78 is 46.5. The third-order valence-electron chi connectivity index (χ3n) is 9.28. The average Bonchev–Trinajstić information content (AvgIpc) is 3.71. The smallest absolute Gasteiger partial charge is 0.440 e. The van der Waals surface area contributed by atoms with Gasteiger partial charge in [0.15, 0.2) is 23.8 Å². The number of amides is 2. The maximum Gasteiger partial charge on any atom is 0.481 e. The molecule has 1 aliphatic heterocycles. The van der Waals surface area contributed by atoms with Crippen LogP contribution in [-0.4, -0.2) is 118 Å². The number of aliphatic hydroxyl groups excluding tert-OH is 1. The van der Waals surface area contributed by atoms with E-state index in [1.54, 1.807) is 0 Å². The zero-order valence-corrected chi connectivity index (χ0v) is 33.7. The van der Waals surface area contributed by atoms with Crippen LogP contribution < -0.4 is 30.7 Å². The van der Waals surface area contributed by atoms with Crippen LogP contribution in [0.1, 0.15) is 19.1 Å². The van der Waals surface area contributed by atoms with Gasteiger partial charge >= 0.3 is 21.7 Å². The summed E-state index contributed by atoms with van der Waals surface area (Å²) in [5.41, 5.74) is 10.3. The molecule has 4 heterocycles. The molecule has 3 aromatic heterocycles. The number of ether oxygens (including phenoxy) is 2. The molecule has 24 heteroatoms. The Hall–Kier alpha value is -5.02. The van der Waals surface area contributed by atoms with Gasteiger partial charge in [-0.05, 0) is 30.3 Å². The molecule has 1 saturated heterocycles. The second-order valence-electron chi connectivity index (χ2n) is 13.8. The molecule has 22 nitrogen and oxygen atoms in total. The van der Waals surface area contributed by atoms with E-state index in [0.29, 0.717) is 13.0 Å². The zero-order valence-electron chi connectivity index (χ0n) is 31.9. The maximum atomic E-state index is 12.9. The van der Waals surface area contributed by atoms with Crippen molar-refractivity contribution in [2.75, 3.05) is 63.4 Å². The number of aromatic nitrogens is 5. The van der Waals surface area contributed by atoms with Gasteiger partial charge in [-0.15, -0.1) is 0 Å². The Balaban J connectivity index is 1.06. The van der Waals surface area contributed by atoms with Crippen LogP contribution in [0, 0.1) is 0 Å². The predicted octanol–water partition coefficient (Wildman–Crippen LogP) is 1.31. The van der Waals surface area contributed by atoms with E-state index in [1.165, 1.54) is 10.9 Å². The van der Waals surface area contributed by atoms with Crippen LogP contribution >= 0.6 is 15.6 Å². The Morgan fingerprint density at radius 1 is 0.948 bits per heavy atom. The van der Waals surface area contributed by atoms with Crippen molar-refractivity contribution in [3.8, 4) is 0 Å². The molecule has 0 bridgehead atoms. The van der Waals surface area contributed by atoms with Gasteiger partial charge in [0.25, 0.3) is 0 Å². The molecule has 58 heavy (non-hydrogen) atoms. The zero-order chi connectivity index (χ0) is 41.9. The number of phosphoric ester groups is 1. The lowest BCUT2D eigenvalue weighted by atomic mass is 10.1. The van der Waals surface area contributed by atoms with E-state index in [-0.39, 0.29) is 42.4 Å². The molecule has 312 valence electrons. The molecular weight excluding hydrogens is 802 g/mol. The number of carbonyl (C=O) groups excluding carboxylic acids is 2. The molecule has 6 rings (SSSR count). The molecule has 2 amide bonds. The van der Waals surface area contributed by atoms with E-state index >= 15 is 0 Å². The summed E-state index contributed by atoms with van der Waals surface area (Å²) in [5.74, 6) is -0.216. The first kappa shape index (κ1) is 42.6. The number of phosphoric acid groups is 2. The Kier molecular flexibility index (Phi) is 12.8. The monoisotopic (exact) mass is 847 g/mol. The number of hydrogen-bond donors (Lipinski definition) is 7. The Morgan fingerprint density at radius 3 is 2.21 bits per heavy atom. The van der Waals surface area contributed by atoms with E-state index in [1.807, 2.05) is 38.0 Å². The molecule has 8 N–H and O–H groups in total. The number of alkyl carbamates (subject to hydrolysis) is 1. The topological polar surface area (TPSA) is 290 Å². The van der Waals surface area contributed by atoms with E-state index in [0.717, 1.165) is 39.5 Å². The van der Waals surface area contributed by atoms with Crippen molar-refractivity contribution in [1.29, 1.82) is 0 Å². The van der Waals surface area contributed by atoms with Crippen LogP contribution in [0.2, 0.25) is 0 Å². The predicted molar refractivity (Wildman–Crippen MR) is 209 cm³/mol. The van der Waals surface area contributed by atoms with Gasteiger partial charge < -0.3 is 55.4 Å². The van der Waals surface area contributed by atoms with Gasteiger partial charge in [0.05, 0.1) is 12.9 Å². The Bertz CT molecular complexity index is 2350. The minimum Gasteiger partial charge on any atom is -0.440 e. The van der Waals surface area contributed by atoms with E-state index in [2.05, 4.69) is 76.9 Å². The van der Waals surface area contributed by atoms with Crippen molar-refractivity contribution in [2.24, 2.45) is 0 Å². The lowest BCUT2D eigenvalue weighted by Crippen LogP contribution is -2.42. The molecular formula is C34H45N10O12P2+. The summed E-state index contributed by atoms with van der Waals surface area (Å²) in [4.78, 5) is 69.6. The van der Waals surface area contributed by atoms with Crippen LogP contribution in [0.15, 0.2) is 55.1 Å². The molecule has 1 aliphatic rings. The first-order valence-electron chi connectivity index (χ1n) is 17.9. The van der Waals surface area contributed by atoms with E-state index < -0.39 is 52.9 Å². The van der Waals surface area contributed by atoms with E-state index in [9.17, 15) is 28.7 Å². The van der Waals surface area contributed by atoms with Crippen LogP contribution in [0.5, 0.6) is 0 Å². The molecule has 2 aromatic carbocycles. The number of pyridine rings is 1. The van der Waals surface area contributed by atoms with Crippen molar-refractivity contribution < 1.29 is 61.4 Å². The number of imidazole rings is 1. The average molecular weight is 848 g/mol. The lowest BCUT2D eigenvalue weighted by molar-refractivity contribution is -0.645. The number of nitrogen functional groups attached to an aromatic ring is 1. The molecule has 1 unspecified atom stereocenters. The first-order valence-corrected chi connectivity index (χ1v) is 20.9. The largest absolute Gasteiger partial charge is 0.481 e. The van der Waals surface area contributed by atoms with Crippen molar-refractivity contribution in [2.45, 2.75) is 43.9 Å². The highest BCUT2D eigenvalue weighted by Crippen LogP contribution is 2.57. The highest BCUT2D eigenvalue weighted by atomic mass is 31.3. The molecule has 0 aliphatic carbocycles. The molecule has 0 saturated carbocycles. The minimum atomic E-state index is -5.45. The number of nitrogens with one attached hydrogen (secondary N) is 2. The number of benzene rings is 2. The van der Waals surface area contributed by atoms with Crippen LogP contribution in [0.3, 0.4) is 0 Å². The highest BCUT2D eigenvalue weighted by molar-refractivity contribution is 7.60. The number of aliphatic hydroxyl groups is 1. The lowest BCUT2D eigenvalue weighted by Gasteiger charge is -2.21. The summed E-state index contributed by atoms with van der Waals surface area (Å²) in [7, 11) is -2.87. The number of nitrogens with zero attached hydrogens (tertiary/aromatic N) is 7. The third-order valence-corrected chi connectivity index (χ3v) is 11.4. The van der Waals surface area contributed by atoms with Crippen LogP contribution in [-0.2, 0) is 38.8 Å². The molecule has 1 fully saturated rings. The first-order chi connectivity index (χ1) is 27.4. The van der Waals surface area contributed by atoms with Gasteiger partial charge in [-0.3, -0.25) is 13.9 Å². The second kappa shape index (κ2) is 17.5. The second-order valence-corrected chi connectivity index (χ2v) is 16.6. The summed E-state index contributed by atoms with van der Waals surface area (Å²) in [5, 5.41) is 18.6. The Morgan fingerprint density at radius 2 is 1.59 bits per heavy atom. The third kappa shape index (κ3) is 9.98. The van der Waals surface area contributed by atoms with Gasteiger partial charge in [-0.1, -0.05) is 0 Å². The normalized spacial score (nSPS) is 19.3. The van der Waals surface area contributed by atoms with Crippen molar-refractivity contribution >= 4 is 77.8 Å². The standard InChI is InChI=1S/C34H44N10O12P2/c1-41(2)22-9-7-20-14-21-8-10-23(42(3)4)16-25(21)43(24(20)15-22)13-5-6-27(45)36-11-12-37-34(47)55-30-26(17-53-58(51,52)56-57(48,49)50)54-33(29(30)46)44-19-40-28-31(35)38-18-39-32(28)44/h7-10,14-16,18-19,26,29-30,33,46H,5-6,11-13,17H2,1-4H3,(H6-,35,36,37,38,39,45,47,48,49,50,51,52)/p+1/t26-,29-,30-,33-/m1/s1. The highest BCUT2D eigenvalue weighted by Gasteiger charge is 2.49. The van der Waals surface area contributed by atoms with Gasteiger partial charge in [0, 0.05) is 88.4 Å². The van der Waals surface area contributed by atoms with Crippen molar-refractivity contribution in [3.63, 3.8) is 0 Å². The van der Waals surface area contributed by atoms with Gasteiger partial charge in [0.2, 0.25) is 16.9 Å². The maximum absolute atomic E-state index is 12.9. The quantitative estimate of drug-likeness (QED) is 0.0319. The number of fused-ring (bicyclic) bond motifs is 3. The number of carbonyl (C=O) groups is 2. The number of rotatable bonds is 16. The van der Waals surface area contributed by atoms with Crippen LogP contribution in [0.4, 0.5) is 22.0 Å². The van der Waals surface area contributed by atoms with Gasteiger partial charge in [-0.2, -0.15) is 8.88 Å². The summed E-state index contributed by atoms with van der Waals surface area (Å²) in [6.45, 7) is -0.416. The summed E-state index contributed by atoms with van der Waals surface area (Å²) in [6.07, 6.45) is -4.03. The van der Waals surface area contributed by atoms with Gasteiger partial charge in [-0.25, -0.2) is 28.9 Å².